The highest BCUT2D eigenvalue weighted by molar-refractivity contribution is 5.90. The number of hydrogen-bond acceptors (Lipinski definition) is 4. The number of aryl methyl sites for hydroxylation is 1. The molecule has 144 valence electrons. The van der Waals surface area contributed by atoms with E-state index in [1.165, 1.54) is 25.0 Å². The van der Waals surface area contributed by atoms with Gasteiger partial charge in [0.05, 0.1) is 18.5 Å². The fraction of sp³-hybridized carbons (Fsp3) is 0.158. The first-order chi connectivity index (χ1) is 13.3. The van der Waals surface area contributed by atoms with Crippen LogP contribution in [-0.4, -0.2) is 32.0 Å². The molecule has 0 aliphatic rings. The van der Waals surface area contributed by atoms with Crippen LogP contribution >= 0.6 is 0 Å². The summed E-state index contributed by atoms with van der Waals surface area (Å²) in [4.78, 5) is 7.12. The summed E-state index contributed by atoms with van der Waals surface area (Å²) in [5.41, 5.74) is 1.92. The molecule has 0 aliphatic heterocycles. The van der Waals surface area contributed by atoms with Gasteiger partial charge in [-0.3, -0.25) is 4.68 Å². The molecule has 3 aromatic heterocycles. The number of aromatic amines is 1. The maximum atomic E-state index is 12.9. The number of rotatable bonds is 3. The van der Waals surface area contributed by atoms with E-state index < -0.39 is 11.9 Å². The highest BCUT2D eigenvalue weighted by atomic mass is 19.4. The monoisotopic (exact) mass is 388 g/mol. The minimum atomic E-state index is -4.50. The normalized spacial score (nSPS) is 11.9. The summed E-state index contributed by atoms with van der Waals surface area (Å²) >= 11 is 0. The van der Waals surface area contributed by atoms with E-state index in [-0.39, 0.29) is 11.6 Å². The number of H-pyrrole nitrogens is 1. The van der Waals surface area contributed by atoms with Gasteiger partial charge in [-0.2, -0.15) is 18.3 Å². The zero-order valence-electron chi connectivity index (χ0n) is 14.9. The van der Waals surface area contributed by atoms with Gasteiger partial charge in [0, 0.05) is 35.3 Å². The molecule has 0 atom stereocenters. The second-order valence-corrected chi connectivity index (χ2v) is 6.24. The average Bonchev–Trinajstić information content (AvgIpc) is 3.24. The van der Waals surface area contributed by atoms with Crippen LogP contribution in [0.1, 0.15) is 5.69 Å². The van der Waals surface area contributed by atoms with Crippen molar-refractivity contribution in [1.29, 1.82) is 0 Å². The van der Waals surface area contributed by atoms with E-state index >= 15 is 0 Å². The lowest BCUT2D eigenvalue weighted by Gasteiger charge is -2.05. The Morgan fingerprint density at radius 1 is 1.14 bits per heavy atom. The minimum Gasteiger partial charge on any atom is -0.503 e. The second kappa shape index (κ2) is 6.29. The third-order valence-corrected chi connectivity index (χ3v) is 4.46. The number of pyridine rings is 1. The Hall–Kier alpha value is -3.49. The number of ether oxygens (including phenoxy) is 1. The van der Waals surface area contributed by atoms with Crippen molar-refractivity contribution in [3.05, 3.63) is 48.3 Å². The van der Waals surface area contributed by atoms with E-state index in [0.29, 0.717) is 22.5 Å². The van der Waals surface area contributed by atoms with Gasteiger partial charge in [-0.05, 0) is 30.3 Å². The molecular weight excluding hydrogens is 373 g/mol. The van der Waals surface area contributed by atoms with Gasteiger partial charge >= 0.3 is 6.18 Å². The highest BCUT2D eigenvalue weighted by Gasteiger charge is 2.34. The summed E-state index contributed by atoms with van der Waals surface area (Å²) in [5, 5.41) is 14.6. The zero-order chi connectivity index (χ0) is 20.1. The standard InChI is InChI=1S/C19H15F3N4O2/c1-26-15(9-16(25-26)19(20,21)22)10-3-4-13-11(7-10)8-14(24-13)12-5-6-23-18(28-2)17(12)27/h3-9,24,27H,1-2H3. The van der Waals surface area contributed by atoms with Gasteiger partial charge in [-0.25, -0.2) is 4.98 Å². The van der Waals surface area contributed by atoms with Crippen molar-refractivity contribution in [2.45, 2.75) is 6.18 Å². The quantitative estimate of drug-likeness (QED) is 0.547. The maximum absolute atomic E-state index is 12.9. The van der Waals surface area contributed by atoms with Gasteiger partial charge in [0.1, 0.15) is 0 Å². The fourth-order valence-corrected chi connectivity index (χ4v) is 3.11. The van der Waals surface area contributed by atoms with E-state index in [0.717, 1.165) is 17.0 Å². The summed E-state index contributed by atoms with van der Waals surface area (Å²) < 4.78 is 45.0. The Morgan fingerprint density at radius 3 is 2.61 bits per heavy atom. The second-order valence-electron chi connectivity index (χ2n) is 6.24. The van der Waals surface area contributed by atoms with E-state index in [1.54, 1.807) is 30.3 Å². The predicted octanol–water partition coefficient (Wildman–Crippen LogP) is 4.36. The van der Waals surface area contributed by atoms with Crippen molar-refractivity contribution >= 4 is 10.9 Å². The van der Waals surface area contributed by atoms with Gasteiger partial charge in [0.15, 0.2) is 11.4 Å². The van der Waals surface area contributed by atoms with Crippen LogP contribution in [0.15, 0.2) is 42.6 Å². The van der Waals surface area contributed by atoms with Crippen molar-refractivity contribution in [3.63, 3.8) is 0 Å². The van der Waals surface area contributed by atoms with Crippen molar-refractivity contribution in [1.82, 2.24) is 19.7 Å². The molecule has 3 heterocycles. The summed E-state index contributed by atoms with van der Waals surface area (Å²) in [5.74, 6) is 0.00430. The number of methoxy groups -OCH3 is 1. The fourth-order valence-electron chi connectivity index (χ4n) is 3.11. The summed E-state index contributed by atoms with van der Waals surface area (Å²) in [6.45, 7) is 0. The zero-order valence-corrected chi connectivity index (χ0v) is 14.9. The molecule has 1 aromatic carbocycles. The van der Waals surface area contributed by atoms with E-state index in [4.69, 9.17) is 4.74 Å². The minimum absolute atomic E-state index is 0.0989. The number of fused-ring (bicyclic) bond motifs is 1. The molecule has 28 heavy (non-hydrogen) atoms. The Labute approximate surface area is 157 Å². The van der Waals surface area contributed by atoms with Crippen LogP contribution in [0.2, 0.25) is 0 Å². The lowest BCUT2D eigenvalue weighted by atomic mass is 10.1. The molecule has 0 saturated carbocycles. The van der Waals surface area contributed by atoms with Crippen LogP contribution in [0.5, 0.6) is 11.6 Å². The van der Waals surface area contributed by atoms with Gasteiger partial charge in [-0.1, -0.05) is 6.07 Å². The van der Waals surface area contributed by atoms with Gasteiger partial charge in [0.25, 0.3) is 5.88 Å². The summed E-state index contributed by atoms with van der Waals surface area (Å²) in [6, 6.07) is 9.71. The molecule has 0 amide bonds. The van der Waals surface area contributed by atoms with Crippen LogP contribution < -0.4 is 4.74 Å². The molecule has 0 spiro atoms. The smallest absolute Gasteiger partial charge is 0.435 e. The van der Waals surface area contributed by atoms with Gasteiger partial charge in [-0.15, -0.1) is 0 Å². The molecule has 6 nitrogen and oxygen atoms in total. The highest BCUT2D eigenvalue weighted by Crippen LogP contribution is 2.37. The number of benzene rings is 1. The third kappa shape index (κ3) is 2.94. The van der Waals surface area contributed by atoms with Crippen molar-refractivity contribution < 1.29 is 23.0 Å². The maximum Gasteiger partial charge on any atom is 0.435 e. The van der Waals surface area contributed by atoms with Gasteiger partial charge < -0.3 is 14.8 Å². The molecule has 0 radical (unpaired) electrons. The number of aromatic nitrogens is 4. The molecule has 2 N–H and O–H groups in total. The topological polar surface area (TPSA) is 76.0 Å². The molecule has 0 aliphatic carbocycles. The molecule has 9 heteroatoms. The van der Waals surface area contributed by atoms with Crippen LogP contribution in [0.4, 0.5) is 13.2 Å². The van der Waals surface area contributed by atoms with E-state index in [9.17, 15) is 18.3 Å². The number of aromatic hydroxyl groups is 1. The molecule has 0 saturated heterocycles. The van der Waals surface area contributed by atoms with Crippen LogP contribution in [0.3, 0.4) is 0 Å². The average molecular weight is 388 g/mol. The number of nitrogens with zero attached hydrogens (tertiary/aromatic N) is 3. The third-order valence-electron chi connectivity index (χ3n) is 4.46. The van der Waals surface area contributed by atoms with Crippen molar-refractivity contribution in [2.75, 3.05) is 7.11 Å². The molecule has 4 rings (SSSR count). The SMILES string of the molecule is COc1nccc(-c2cc3cc(-c4cc(C(F)(F)F)nn4C)ccc3[nH]2)c1O. The number of alkyl halides is 3. The van der Waals surface area contributed by atoms with E-state index in [2.05, 4.69) is 15.1 Å². The van der Waals surface area contributed by atoms with E-state index in [1.807, 2.05) is 0 Å². The Morgan fingerprint density at radius 2 is 1.93 bits per heavy atom. The lowest BCUT2D eigenvalue weighted by Crippen LogP contribution is -2.06. The molecule has 0 unspecified atom stereocenters. The predicted molar refractivity (Wildman–Crippen MR) is 97.0 cm³/mol. The van der Waals surface area contributed by atoms with Crippen molar-refractivity contribution in [2.24, 2.45) is 7.05 Å². The van der Waals surface area contributed by atoms with Crippen LogP contribution in [-0.2, 0) is 13.2 Å². The molecular formula is C19H15F3N4O2. The largest absolute Gasteiger partial charge is 0.503 e. The first-order valence-corrected chi connectivity index (χ1v) is 8.24. The summed E-state index contributed by atoms with van der Waals surface area (Å²) in [7, 11) is 2.88. The molecule has 0 bridgehead atoms. The number of halogens is 3. The molecule has 0 fully saturated rings. The first-order valence-electron chi connectivity index (χ1n) is 8.24. The first kappa shape index (κ1) is 17.9. The van der Waals surface area contributed by atoms with Gasteiger partial charge in [0.2, 0.25) is 0 Å². The Bertz CT molecular complexity index is 1180. The van der Waals surface area contributed by atoms with Crippen LogP contribution in [0, 0.1) is 0 Å². The van der Waals surface area contributed by atoms with Crippen LogP contribution in [0.25, 0.3) is 33.4 Å². The van der Waals surface area contributed by atoms with Crippen molar-refractivity contribution in [3.8, 4) is 34.1 Å². The lowest BCUT2D eigenvalue weighted by molar-refractivity contribution is -0.141. The molecule has 4 aromatic rings. The number of nitrogens with one attached hydrogen (secondary N) is 1. The number of hydrogen-bond donors (Lipinski definition) is 2. The Kier molecular flexibility index (Phi) is 4.02. The summed E-state index contributed by atoms with van der Waals surface area (Å²) in [6.07, 6.45) is -2.99. The Balaban J connectivity index is 1.79.